The molecule has 6 nitrogen and oxygen atoms in total. The van der Waals surface area contributed by atoms with E-state index in [4.69, 9.17) is 9.47 Å². The van der Waals surface area contributed by atoms with E-state index in [0.717, 1.165) is 24.3 Å². The van der Waals surface area contributed by atoms with Gasteiger partial charge in [0.25, 0.3) is 0 Å². The number of carbonyl (C=O) groups excluding carboxylic acids is 1. The number of fused-ring (bicyclic) bond motifs is 2. The summed E-state index contributed by atoms with van der Waals surface area (Å²) in [6, 6.07) is 6.16. The molecule has 0 unspecified atom stereocenters. The van der Waals surface area contributed by atoms with Crippen LogP contribution in [0.4, 0.5) is 32.8 Å². The van der Waals surface area contributed by atoms with Gasteiger partial charge in [-0.3, -0.25) is 0 Å². The van der Waals surface area contributed by atoms with Crippen molar-refractivity contribution < 1.29 is 40.6 Å². The summed E-state index contributed by atoms with van der Waals surface area (Å²) in [5, 5.41) is 1.91. The number of oxazole rings is 1. The van der Waals surface area contributed by atoms with E-state index in [1.165, 1.54) is 12.1 Å². The molecule has 1 aromatic heterocycles. The number of rotatable bonds is 2. The molecule has 0 bridgehead atoms. The Labute approximate surface area is 158 Å². The van der Waals surface area contributed by atoms with Crippen molar-refractivity contribution in [1.82, 2.24) is 4.98 Å². The van der Waals surface area contributed by atoms with Gasteiger partial charge in [0.2, 0.25) is 5.76 Å². The third-order valence-corrected chi connectivity index (χ3v) is 3.95. The monoisotopic (exact) mass is 412 g/mol. The Kier molecular flexibility index (Phi) is 4.36. The maximum Gasteiger partial charge on any atom is 0.451 e. The van der Waals surface area contributed by atoms with Gasteiger partial charge in [-0.25, -0.2) is 23.9 Å². The summed E-state index contributed by atoms with van der Waals surface area (Å²) < 4.78 is 80.2. The summed E-state index contributed by atoms with van der Waals surface area (Å²) >= 11 is 0. The van der Waals surface area contributed by atoms with Crippen LogP contribution in [-0.2, 0) is 10.9 Å². The summed E-state index contributed by atoms with van der Waals surface area (Å²) in [4.78, 5) is 15.5. The van der Waals surface area contributed by atoms with Gasteiger partial charge in [0.05, 0.1) is 6.20 Å². The quantitative estimate of drug-likeness (QED) is 0.570. The van der Waals surface area contributed by atoms with Gasteiger partial charge < -0.3 is 13.9 Å². The maximum atomic E-state index is 13.7. The third-order valence-electron chi connectivity index (χ3n) is 3.95. The normalized spacial score (nSPS) is 13.3. The van der Waals surface area contributed by atoms with E-state index in [1.54, 1.807) is 0 Å². The van der Waals surface area contributed by atoms with Gasteiger partial charge in [0.15, 0.2) is 6.10 Å². The molecule has 0 atom stereocenters. The number of amides is 1. The molecule has 1 aliphatic heterocycles. The fourth-order valence-electron chi connectivity index (χ4n) is 2.73. The number of ether oxygens (including phenoxy) is 2. The lowest BCUT2D eigenvalue weighted by molar-refractivity contribution is -0.152. The van der Waals surface area contributed by atoms with Crippen LogP contribution in [0.5, 0.6) is 11.5 Å². The first-order valence-corrected chi connectivity index (χ1v) is 7.98. The number of anilines is 1. The zero-order chi connectivity index (χ0) is 20.8. The molecular weight excluding hydrogens is 403 g/mol. The van der Waals surface area contributed by atoms with Gasteiger partial charge in [-0.15, -0.1) is 0 Å². The number of alkyl halides is 3. The number of nitrogens with one attached hydrogen (secondary N) is 1. The maximum absolute atomic E-state index is 13.7. The largest absolute Gasteiger partial charge is 0.456 e. The van der Waals surface area contributed by atoms with Gasteiger partial charge in [0, 0.05) is 11.1 Å². The number of hydrogen-bond acceptors (Lipinski definition) is 5. The Morgan fingerprint density at radius 2 is 1.62 bits per heavy atom. The molecule has 1 N–H and O–H groups in total. The van der Waals surface area contributed by atoms with E-state index in [2.05, 4.69) is 9.40 Å². The lowest BCUT2D eigenvalue weighted by Crippen LogP contribution is -2.21. The molecule has 150 valence electrons. The number of aromatic nitrogens is 1. The summed E-state index contributed by atoms with van der Waals surface area (Å²) in [5.41, 5.74) is 0.170. The Bertz CT molecular complexity index is 1040. The Balaban J connectivity index is 1.62. The van der Waals surface area contributed by atoms with E-state index >= 15 is 0 Å². The van der Waals surface area contributed by atoms with Crippen LogP contribution in [0.15, 0.2) is 47.0 Å². The first-order chi connectivity index (χ1) is 13.7. The fraction of sp³-hybridized carbons (Fsp3) is 0.111. The zero-order valence-electron chi connectivity index (χ0n) is 14.1. The second kappa shape index (κ2) is 6.76. The predicted molar refractivity (Wildman–Crippen MR) is 86.3 cm³/mol. The number of nitrogens with zero attached hydrogens (tertiary/aromatic N) is 1. The molecule has 0 saturated carbocycles. The van der Waals surface area contributed by atoms with Crippen molar-refractivity contribution in [3.63, 3.8) is 0 Å². The van der Waals surface area contributed by atoms with Crippen molar-refractivity contribution >= 4 is 12.1 Å². The number of halogens is 5. The molecule has 11 heteroatoms. The second-order valence-electron chi connectivity index (χ2n) is 5.90. The van der Waals surface area contributed by atoms with Crippen LogP contribution in [0.2, 0.25) is 0 Å². The summed E-state index contributed by atoms with van der Waals surface area (Å²) in [5.74, 6) is -2.41. The molecule has 3 aromatic rings. The van der Waals surface area contributed by atoms with Gasteiger partial charge >= 0.3 is 18.3 Å². The lowest BCUT2D eigenvalue weighted by atomic mass is 9.97. The smallest absolute Gasteiger partial charge is 0.451 e. The average molecular weight is 412 g/mol. The second-order valence-corrected chi connectivity index (χ2v) is 5.90. The Hall–Kier alpha value is -3.63. The van der Waals surface area contributed by atoms with E-state index in [-0.39, 0.29) is 22.6 Å². The van der Waals surface area contributed by atoms with Crippen molar-refractivity contribution in [2.24, 2.45) is 0 Å². The van der Waals surface area contributed by atoms with Gasteiger partial charge in [0.1, 0.15) is 23.1 Å². The van der Waals surface area contributed by atoms with E-state index < -0.39 is 41.8 Å². The van der Waals surface area contributed by atoms with Crippen LogP contribution < -0.4 is 10.1 Å². The molecule has 29 heavy (non-hydrogen) atoms. The molecule has 2 heterocycles. The zero-order valence-corrected chi connectivity index (χ0v) is 14.1. The molecule has 2 aromatic carbocycles. The summed E-state index contributed by atoms with van der Waals surface area (Å²) in [6.45, 7) is 0. The molecule has 1 amide bonds. The van der Waals surface area contributed by atoms with Crippen molar-refractivity contribution in [3.8, 4) is 11.5 Å². The standard InChI is InChI=1S/C18H9F5N2O4/c19-8-1-3-12-10(5-8)15(11-6-9(20)2-4-13(11)27-12)29-17(26)25-16-24-7-14(28-16)18(21,22)23/h1-7,15H,(H,24,25,26). The van der Waals surface area contributed by atoms with Crippen LogP contribution in [0.25, 0.3) is 0 Å². The first kappa shape index (κ1) is 18.7. The van der Waals surface area contributed by atoms with Crippen LogP contribution in [0, 0.1) is 11.6 Å². The third kappa shape index (κ3) is 3.71. The van der Waals surface area contributed by atoms with Crippen molar-refractivity contribution in [2.75, 3.05) is 5.32 Å². The highest BCUT2D eigenvalue weighted by Gasteiger charge is 2.36. The van der Waals surface area contributed by atoms with Gasteiger partial charge in [-0.05, 0) is 36.4 Å². The molecule has 0 aliphatic carbocycles. The first-order valence-electron chi connectivity index (χ1n) is 7.98. The van der Waals surface area contributed by atoms with E-state index in [9.17, 15) is 26.7 Å². The van der Waals surface area contributed by atoms with Crippen LogP contribution >= 0.6 is 0 Å². The summed E-state index contributed by atoms with van der Waals surface area (Å²) in [6.07, 6.45) is -6.95. The SMILES string of the molecule is O=C(Nc1ncc(C(F)(F)F)o1)OC1c2cc(F)ccc2Oc2ccc(F)cc21. The Morgan fingerprint density at radius 3 is 2.14 bits per heavy atom. The van der Waals surface area contributed by atoms with Crippen LogP contribution in [0.1, 0.15) is 23.0 Å². The highest BCUT2D eigenvalue weighted by molar-refractivity contribution is 5.82. The van der Waals surface area contributed by atoms with Gasteiger partial charge in [-0.2, -0.15) is 13.2 Å². The highest BCUT2D eigenvalue weighted by Crippen LogP contribution is 2.45. The fourth-order valence-corrected chi connectivity index (χ4v) is 2.73. The van der Waals surface area contributed by atoms with Gasteiger partial charge in [-0.1, -0.05) is 0 Å². The molecule has 4 rings (SSSR count). The number of benzene rings is 2. The molecule has 0 radical (unpaired) electrons. The average Bonchev–Trinajstić information content (AvgIpc) is 3.11. The minimum atomic E-state index is -4.79. The van der Waals surface area contributed by atoms with Crippen molar-refractivity contribution in [3.05, 3.63) is 71.1 Å². The minimum absolute atomic E-state index is 0.0848. The molecule has 0 fully saturated rings. The summed E-state index contributed by atoms with van der Waals surface area (Å²) in [7, 11) is 0. The lowest BCUT2D eigenvalue weighted by Gasteiger charge is -2.27. The number of carbonyl (C=O) groups is 1. The number of hydrogen-bond donors (Lipinski definition) is 1. The predicted octanol–water partition coefficient (Wildman–Crippen LogP) is 5.42. The molecular formula is C18H9F5N2O4. The van der Waals surface area contributed by atoms with E-state index in [0.29, 0.717) is 6.20 Å². The highest BCUT2D eigenvalue weighted by atomic mass is 19.4. The van der Waals surface area contributed by atoms with E-state index in [1.807, 2.05) is 5.32 Å². The topological polar surface area (TPSA) is 73.6 Å². The van der Waals surface area contributed by atoms with Crippen molar-refractivity contribution in [2.45, 2.75) is 12.3 Å². The minimum Gasteiger partial charge on any atom is -0.456 e. The Morgan fingerprint density at radius 1 is 1.03 bits per heavy atom. The van der Waals surface area contributed by atoms with Crippen LogP contribution in [0.3, 0.4) is 0 Å². The van der Waals surface area contributed by atoms with Crippen LogP contribution in [-0.4, -0.2) is 11.1 Å². The molecule has 1 aliphatic rings. The molecule has 0 saturated heterocycles. The van der Waals surface area contributed by atoms with Crippen molar-refractivity contribution in [1.29, 1.82) is 0 Å². The molecule has 0 spiro atoms.